The number of rotatable bonds is 1. The Morgan fingerprint density at radius 1 is 0.947 bits per heavy atom. The van der Waals surface area contributed by atoms with Crippen LogP contribution in [0.4, 0.5) is 0 Å². The molecule has 1 aliphatic carbocycles. The number of aryl methyl sites for hydroxylation is 1. The molecule has 0 aromatic heterocycles. The van der Waals surface area contributed by atoms with Gasteiger partial charge in [0.15, 0.2) is 5.78 Å². The van der Waals surface area contributed by atoms with E-state index in [0.29, 0.717) is 16.7 Å². The van der Waals surface area contributed by atoms with Crippen molar-refractivity contribution in [1.82, 2.24) is 0 Å². The molecule has 1 aliphatic rings. The lowest BCUT2D eigenvalue weighted by Crippen LogP contribution is -2.02. The summed E-state index contributed by atoms with van der Waals surface area (Å²) in [5.74, 6) is -0.374. The maximum atomic E-state index is 12.3. The summed E-state index contributed by atoms with van der Waals surface area (Å²) in [4.78, 5) is 23.8. The topological polar surface area (TPSA) is 43.4 Å². The molecule has 0 heterocycles. The van der Waals surface area contributed by atoms with Gasteiger partial charge in [-0.25, -0.2) is 4.79 Å². The number of ketones is 1. The summed E-state index contributed by atoms with van der Waals surface area (Å²) < 4.78 is 4.71. The molecule has 94 valence electrons. The number of fused-ring (bicyclic) bond motifs is 3. The Bertz CT molecular complexity index is 714. The molecule has 3 heteroatoms. The van der Waals surface area contributed by atoms with Crippen LogP contribution in [0.3, 0.4) is 0 Å². The number of methoxy groups -OCH3 is 1. The number of benzene rings is 2. The molecule has 0 spiro atoms. The van der Waals surface area contributed by atoms with Gasteiger partial charge in [-0.3, -0.25) is 4.79 Å². The molecular weight excluding hydrogens is 240 g/mol. The second kappa shape index (κ2) is 4.05. The van der Waals surface area contributed by atoms with Gasteiger partial charge in [0.25, 0.3) is 0 Å². The summed E-state index contributed by atoms with van der Waals surface area (Å²) in [6.07, 6.45) is 0. The number of carbonyl (C=O) groups excluding carboxylic acids is 2. The molecule has 3 rings (SSSR count). The lowest BCUT2D eigenvalue weighted by Gasteiger charge is -2.03. The summed E-state index contributed by atoms with van der Waals surface area (Å²) >= 11 is 0. The third-order valence-corrected chi connectivity index (χ3v) is 3.40. The van der Waals surface area contributed by atoms with Crippen molar-refractivity contribution < 1.29 is 14.3 Å². The predicted molar refractivity (Wildman–Crippen MR) is 71.4 cm³/mol. The van der Waals surface area contributed by atoms with Crippen LogP contribution in [0.1, 0.15) is 31.8 Å². The molecule has 2 aromatic rings. The molecule has 0 radical (unpaired) electrons. The van der Waals surface area contributed by atoms with Crippen molar-refractivity contribution in [3.8, 4) is 11.1 Å². The van der Waals surface area contributed by atoms with Gasteiger partial charge in [0.2, 0.25) is 0 Å². The van der Waals surface area contributed by atoms with E-state index >= 15 is 0 Å². The van der Waals surface area contributed by atoms with Crippen LogP contribution in [-0.4, -0.2) is 18.9 Å². The van der Waals surface area contributed by atoms with Crippen LogP contribution in [0.2, 0.25) is 0 Å². The zero-order valence-electron chi connectivity index (χ0n) is 10.7. The molecule has 19 heavy (non-hydrogen) atoms. The quantitative estimate of drug-likeness (QED) is 0.625. The first-order valence-corrected chi connectivity index (χ1v) is 6.00. The van der Waals surface area contributed by atoms with Crippen LogP contribution in [0.25, 0.3) is 11.1 Å². The molecule has 2 aromatic carbocycles. The number of esters is 1. The lowest BCUT2D eigenvalue weighted by molar-refractivity contribution is 0.0600. The molecule has 0 unspecified atom stereocenters. The average Bonchev–Trinajstić information content (AvgIpc) is 2.70. The first-order chi connectivity index (χ1) is 9.11. The van der Waals surface area contributed by atoms with E-state index in [9.17, 15) is 9.59 Å². The summed E-state index contributed by atoms with van der Waals surface area (Å²) in [5.41, 5.74) is 4.56. The Kier molecular flexibility index (Phi) is 2.49. The van der Waals surface area contributed by atoms with Gasteiger partial charge in [0, 0.05) is 11.1 Å². The van der Waals surface area contributed by atoms with Gasteiger partial charge in [-0.15, -0.1) is 0 Å². The van der Waals surface area contributed by atoms with Gasteiger partial charge in [-0.05, 0) is 42.3 Å². The van der Waals surface area contributed by atoms with E-state index < -0.39 is 5.97 Å². The van der Waals surface area contributed by atoms with Crippen LogP contribution in [0.15, 0.2) is 36.4 Å². The highest BCUT2D eigenvalue weighted by molar-refractivity contribution is 6.22. The summed E-state index contributed by atoms with van der Waals surface area (Å²) in [7, 11) is 1.35. The molecule has 0 saturated carbocycles. The summed E-state index contributed by atoms with van der Waals surface area (Å²) in [6, 6.07) is 10.8. The van der Waals surface area contributed by atoms with E-state index in [1.54, 1.807) is 18.2 Å². The smallest absolute Gasteiger partial charge is 0.337 e. The van der Waals surface area contributed by atoms with Crippen molar-refractivity contribution in [3.63, 3.8) is 0 Å². The molecular formula is C16H12O3. The fourth-order valence-electron chi connectivity index (χ4n) is 2.44. The predicted octanol–water partition coefficient (Wildman–Crippen LogP) is 2.99. The van der Waals surface area contributed by atoms with Gasteiger partial charge in [0.1, 0.15) is 0 Å². The van der Waals surface area contributed by atoms with E-state index in [2.05, 4.69) is 0 Å². The molecule has 0 saturated heterocycles. The lowest BCUT2D eigenvalue weighted by atomic mass is 10.0. The van der Waals surface area contributed by atoms with Crippen LogP contribution >= 0.6 is 0 Å². The van der Waals surface area contributed by atoms with Crippen molar-refractivity contribution in [2.24, 2.45) is 0 Å². The van der Waals surface area contributed by atoms with E-state index in [4.69, 9.17) is 4.74 Å². The Morgan fingerprint density at radius 3 is 2.42 bits per heavy atom. The highest BCUT2D eigenvalue weighted by Crippen LogP contribution is 2.37. The fourth-order valence-corrected chi connectivity index (χ4v) is 2.44. The molecule has 0 fully saturated rings. The molecule has 0 N–H and O–H groups in total. The van der Waals surface area contributed by atoms with Crippen molar-refractivity contribution in [2.75, 3.05) is 7.11 Å². The minimum Gasteiger partial charge on any atom is -0.465 e. The number of ether oxygens (including phenoxy) is 1. The van der Waals surface area contributed by atoms with E-state index in [0.717, 1.165) is 16.7 Å². The molecule has 0 aliphatic heterocycles. The minimum absolute atomic E-state index is 0.0186. The molecule has 0 bridgehead atoms. The molecule has 0 amide bonds. The number of hydrogen-bond donors (Lipinski definition) is 0. The first kappa shape index (κ1) is 11.7. The highest BCUT2D eigenvalue weighted by Gasteiger charge is 2.27. The highest BCUT2D eigenvalue weighted by atomic mass is 16.5. The van der Waals surface area contributed by atoms with Crippen LogP contribution in [0, 0.1) is 6.92 Å². The zero-order valence-corrected chi connectivity index (χ0v) is 10.7. The Balaban J connectivity index is 2.22. The van der Waals surface area contributed by atoms with E-state index in [1.165, 1.54) is 7.11 Å². The molecule has 3 nitrogen and oxygen atoms in total. The van der Waals surface area contributed by atoms with E-state index in [-0.39, 0.29) is 5.78 Å². The Morgan fingerprint density at radius 2 is 1.68 bits per heavy atom. The van der Waals surface area contributed by atoms with Gasteiger partial charge in [-0.2, -0.15) is 0 Å². The minimum atomic E-state index is -0.393. The third-order valence-electron chi connectivity index (χ3n) is 3.40. The van der Waals surface area contributed by atoms with Gasteiger partial charge >= 0.3 is 5.97 Å². The molecule has 0 atom stereocenters. The second-order valence-corrected chi connectivity index (χ2v) is 4.63. The summed E-state index contributed by atoms with van der Waals surface area (Å²) in [6.45, 7) is 1.95. The maximum absolute atomic E-state index is 12.3. The SMILES string of the molecule is COC(=O)c1ccc2c(c1)-c1ccc(C)cc1C2=O. The average molecular weight is 252 g/mol. The van der Waals surface area contributed by atoms with Gasteiger partial charge in [0.05, 0.1) is 12.7 Å². The van der Waals surface area contributed by atoms with E-state index in [1.807, 2.05) is 25.1 Å². The van der Waals surface area contributed by atoms with Gasteiger partial charge < -0.3 is 4.74 Å². The number of carbonyl (C=O) groups is 2. The first-order valence-electron chi connectivity index (χ1n) is 6.00. The fraction of sp³-hybridized carbons (Fsp3) is 0.125. The number of hydrogen-bond acceptors (Lipinski definition) is 3. The van der Waals surface area contributed by atoms with Crippen LogP contribution in [0.5, 0.6) is 0 Å². The standard InChI is InChI=1S/C16H12O3/c1-9-3-5-11-13-8-10(16(18)19-2)4-6-12(13)15(17)14(11)7-9/h3-8H,1-2H3. The zero-order chi connectivity index (χ0) is 13.6. The second-order valence-electron chi connectivity index (χ2n) is 4.63. The normalized spacial score (nSPS) is 12.0. The monoisotopic (exact) mass is 252 g/mol. The maximum Gasteiger partial charge on any atom is 0.337 e. The van der Waals surface area contributed by atoms with Crippen molar-refractivity contribution in [2.45, 2.75) is 6.92 Å². The van der Waals surface area contributed by atoms with Crippen LogP contribution in [-0.2, 0) is 4.74 Å². The van der Waals surface area contributed by atoms with Gasteiger partial charge in [-0.1, -0.05) is 17.7 Å². The third kappa shape index (κ3) is 1.66. The van der Waals surface area contributed by atoms with Crippen molar-refractivity contribution in [3.05, 3.63) is 58.7 Å². The van der Waals surface area contributed by atoms with Crippen molar-refractivity contribution >= 4 is 11.8 Å². The van der Waals surface area contributed by atoms with Crippen molar-refractivity contribution in [1.29, 1.82) is 0 Å². The largest absolute Gasteiger partial charge is 0.465 e. The van der Waals surface area contributed by atoms with Crippen LogP contribution < -0.4 is 0 Å². The Labute approximate surface area is 110 Å². The Hall–Kier alpha value is -2.42. The summed E-state index contributed by atoms with van der Waals surface area (Å²) in [5, 5.41) is 0.